The molecule has 0 unspecified atom stereocenters. The van der Waals surface area contributed by atoms with Gasteiger partial charge >= 0.3 is 0 Å². The highest BCUT2D eigenvalue weighted by Crippen LogP contribution is 2.28. The molecule has 0 atom stereocenters. The number of rotatable bonds is 9. The van der Waals surface area contributed by atoms with E-state index in [9.17, 15) is 4.79 Å². The van der Waals surface area contributed by atoms with Gasteiger partial charge in [-0.3, -0.25) is 4.79 Å². The van der Waals surface area contributed by atoms with Gasteiger partial charge in [0.1, 0.15) is 0 Å². The Bertz CT molecular complexity index is 579. The maximum atomic E-state index is 11.9. The Labute approximate surface area is 158 Å². The number of nitrogens with one attached hydrogen (secondary N) is 3. The molecule has 0 radical (unpaired) electrons. The van der Waals surface area contributed by atoms with Gasteiger partial charge in [0.25, 0.3) is 5.91 Å². The Balaban J connectivity index is 1.83. The van der Waals surface area contributed by atoms with E-state index in [4.69, 9.17) is 0 Å². The Morgan fingerprint density at radius 3 is 2.62 bits per heavy atom. The summed E-state index contributed by atoms with van der Waals surface area (Å²) >= 11 is 0. The predicted molar refractivity (Wildman–Crippen MR) is 108 cm³/mol. The van der Waals surface area contributed by atoms with Gasteiger partial charge < -0.3 is 16.0 Å². The van der Waals surface area contributed by atoms with E-state index in [0.717, 1.165) is 30.5 Å². The minimum Gasteiger partial charge on any atom is -0.357 e. The molecule has 1 aliphatic carbocycles. The highest BCUT2D eigenvalue weighted by Gasteiger charge is 2.14. The number of amides is 1. The van der Waals surface area contributed by atoms with E-state index in [1.54, 1.807) is 0 Å². The lowest BCUT2D eigenvalue weighted by Gasteiger charge is -2.13. The molecule has 0 bridgehead atoms. The fraction of sp³-hybridized carbons (Fsp3) is 0.619. The molecule has 0 saturated heterocycles. The number of nitrogens with zero attached hydrogens (tertiary/aromatic N) is 1. The van der Waals surface area contributed by atoms with Crippen molar-refractivity contribution in [3.63, 3.8) is 0 Å². The quantitative estimate of drug-likeness (QED) is 0.360. The molecule has 26 heavy (non-hydrogen) atoms. The molecule has 5 nitrogen and oxygen atoms in total. The average Bonchev–Trinajstić information content (AvgIpc) is 3.17. The summed E-state index contributed by atoms with van der Waals surface area (Å²) in [5.41, 5.74) is 1.73. The molecular formula is C21H34N4O. The summed E-state index contributed by atoms with van der Waals surface area (Å²) in [4.78, 5) is 16.6. The zero-order valence-electron chi connectivity index (χ0n) is 16.3. The summed E-state index contributed by atoms with van der Waals surface area (Å²) in [6, 6.07) is 7.68. The van der Waals surface area contributed by atoms with Crippen LogP contribution in [0.25, 0.3) is 0 Å². The van der Waals surface area contributed by atoms with E-state index in [2.05, 4.69) is 27.9 Å². The highest BCUT2D eigenvalue weighted by molar-refractivity contribution is 5.94. The molecular weight excluding hydrogens is 324 g/mol. The maximum absolute atomic E-state index is 11.9. The number of carbonyl (C=O) groups excluding carboxylic acids is 1. The van der Waals surface area contributed by atoms with Crippen molar-refractivity contribution >= 4 is 11.9 Å². The minimum absolute atomic E-state index is 0.0322. The second kappa shape index (κ2) is 11.6. The lowest BCUT2D eigenvalue weighted by atomic mass is 10.0. The van der Waals surface area contributed by atoms with E-state index in [-0.39, 0.29) is 5.91 Å². The monoisotopic (exact) mass is 358 g/mol. The largest absolute Gasteiger partial charge is 0.357 e. The molecule has 2 rings (SSSR count). The van der Waals surface area contributed by atoms with Gasteiger partial charge in [0.15, 0.2) is 5.96 Å². The van der Waals surface area contributed by atoms with Crippen LogP contribution in [0.15, 0.2) is 29.3 Å². The zero-order valence-corrected chi connectivity index (χ0v) is 16.3. The topological polar surface area (TPSA) is 65.5 Å². The summed E-state index contributed by atoms with van der Waals surface area (Å²) in [6.07, 6.45) is 8.17. The Kier molecular flexibility index (Phi) is 9.01. The lowest BCUT2D eigenvalue weighted by Crippen LogP contribution is -2.37. The van der Waals surface area contributed by atoms with Gasteiger partial charge in [0.05, 0.1) is 6.54 Å². The van der Waals surface area contributed by atoms with Crippen LogP contribution >= 0.6 is 0 Å². The number of aliphatic imine (C=N–C) groups is 1. The number of benzene rings is 1. The molecule has 1 amide bonds. The van der Waals surface area contributed by atoms with Gasteiger partial charge in [-0.15, -0.1) is 0 Å². The number of guanidine groups is 1. The zero-order chi connectivity index (χ0) is 18.6. The van der Waals surface area contributed by atoms with Crippen LogP contribution in [0.4, 0.5) is 0 Å². The highest BCUT2D eigenvalue weighted by atomic mass is 16.1. The molecule has 1 aromatic rings. The van der Waals surface area contributed by atoms with Crippen molar-refractivity contribution in [1.82, 2.24) is 16.0 Å². The summed E-state index contributed by atoms with van der Waals surface area (Å²) in [7, 11) is 0. The van der Waals surface area contributed by atoms with E-state index in [1.807, 2.05) is 31.2 Å². The van der Waals surface area contributed by atoms with Gasteiger partial charge in [-0.05, 0) is 50.3 Å². The molecule has 0 aromatic heterocycles. The summed E-state index contributed by atoms with van der Waals surface area (Å²) < 4.78 is 0. The smallest absolute Gasteiger partial charge is 0.251 e. The van der Waals surface area contributed by atoms with Gasteiger partial charge in [0, 0.05) is 25.2 Å². The third kappa shape index (κ3) is 7.06. The molecule has 144 valence electrons. The van der Waals surface area contributed by atoms with Gasteiger partial charge in [-0.2, -0.15) is 0 Å². The summed E-state index contributed by atoms with van der Waals surface area (Å²) in [5.74, 6) is 1.76. The summed E-state index contributed by atoms with van der Waals surface area (Å²) in [6.45, 7) is 7.00. The van der Waals surface area contributed by atoms with Gasteiger partial charge in [0.2, 0.25) is 0 Å². The molecule has 0 aliphatic heterocycles. The van der Waals surface area contributed by atoms with Gasteiger partial charge in [-0.1, -0.05) is 37.8 Å². The van der Waals surface area contributed by atoms with E-state index < -0.39 is 0 Å². The fourth-order valence-corrected chi connectivity index (χ4v) is 3.48. The van der Waals surface area contributed by atoms with Crippen LogP contribution in [0.2, 0.25) is 0 Å². The molecule has 1 aliphatic rings. The van der Waals surface area contributed by atoms with Crippen LogP contribution in [0.5, 0.6) is 0 Å². The van der Waals surface area contributed by atoms with Crippen LogP contribution in [0.3, 0.4) is 0 Å². The second-order valence-corrected chi connectivity index (χ2v) is 6.97. The molecule has 5 heteroatoms. The first-order chi connectivity index (χ1) is 12.7. The number of hydrogen-bond acceptors (Lipinski definition) is 2. The lowest BCUT2D eigenvalue weighted by molar-refractivity contribution is 0.0955. The average molecular weight is 359 g/mol. The number of hydrogen-bond donors (Lipinski definition) is 3. The first kappa shape index (κ1) is 20.3. The van der Waals surface area contributed by atoms with E-state index in [0.29, 0.717) is 18.7 Å². The molecule has 0 spiro atoms. The molecule has 1 fully saturated rings. The second-order valence-electron chi connectivity index (χ2n) is 6.97. The van der Waals surface area contributed by atoms with Crippen LogP contribution in [-0.2, 0) is 6.54 Å². The van der Waals surface area contributed by atoms with Crippen LogP contribution < -0.4 is 16.0 Å². The van der Waals surface area contributed by atoms with Gasteiger partial charge in [-0.25, -0.2) is 4.99 Å². The SMILES string of the molecule is CCNC(=O)c1cccc(CN=C(NCC)NCCCC2CCCC2)c1. The summed E-state index contributed by atoms with van der Waals surface area (Å²) in [5, 5.41) is 9.56. The molecule has 1 aromatic carbocycles. The maximum Gasteiger partial charge on any atom is 0.251 e. The molecule has 0 heterocycles. The molecule has 1 saturated carbocycles. The van der Waals surface area contributed by atoms with Crippen molar-refractivity contribution < 1.29 is 4.79 Å². The van der Waals surface area contributed by atoms with E-state index in [1.165, 1.54) is 38.5 Å². The van der Waals surface area contributed by atoms with Crippen LogP contribution in [0, 0.1) is 5.92 Å². The Morgan fingerprint density at radius 1 is 1.12 bits per heavy atom. The van der Waals surface area contributed by atoms with Crippen molar-refractivity contribution in [3.05, 3.63) is 35.4 Å². The third-order valence-corrected chi connectivity index (χ3v) is 4.85. The third-order valence-electron chi connectivity index (χ3n) is 4.85. The first-order valence-electron chi connectivity index (χ1n) is 10.1. The minimum atomic E-state index is -0.0322. The fourth-order valence-electron chi connectivity index (χ4n) is 3.48. The first-order valence-corrected chi connectivity index (χ1v) is 10.1. The predicted octanol–water partition coefficient (Wildman–Crippen LogP) is 3.46. The number of carbonyl (C=O) groups is 1. The normalized spacial score (nSPS) is 15.1. The van der Waals surface area contributed by atoms with Crippen molar-refractivity contribution in [3.8, 4) is 0 Å². The van der Waals surface area contributed by atoms with E-state index >= 15 is 0 Å². The Hall–Kier alpha value is -2.04. The van der Waals surface area contributed by atoms with Crippen molar-refractivity contribution in [2.75, 3.05) is 19.6 Å². The standard InChI is InChI=1S/C21H34N4O/c1-3-22-20(26)19-13-7-11-18(15-19)16-25-21(23-4-2)24-14-8-12-17-9-5-6-10-17/h7,11,13,15,17H,3-6,8-10,12,14,16H2,1-2H3,(H,22,26)(H2,23,24,25). The molecule has 3 N–H and O–H groups in total. The van der Waals surface area contributed by atoms with Crippen molar-refractivity contribution in [2.24, 2.45) is 10.9 Å². The Morgan fingerprint density at radius 2 is 1.88 bits per heavy atom. The van der Waals surface area contributed by atoms with Crippen LogP contribution in [-0.4, -0.2) is 31.5 Å². The van der Waals surface area contributed by atoms with Crippen LogP contribution in [0.1, 0.15) is 68.3 Å². The van der Waals surface area contributed by atoms with Crippen molar-refractivity contribution in [1.29, 1.82) is 0 Å². The van der Waals surface area contributed by atoms with Crippen molar-refractivity contribution in [2.45, 2.75) is 58.9 Å².